The van der Waals surface area contributed by atoms with E-state index in [4.69, 9.17) is 9.47 Å². The average molecular weight is 293 g/mol. The molecule has 3 heteroatoms. The molecule has 2 unspecified atom stereocenters. The molecule has 120 valence electrons. The second-order valence-corrected chi connectivity index (χ2v) is 5.57. The topological polar surface area (TPSA) is 30.5 Å². The third kappa shape index (κ3) is 6.49. The minimum Gasteiger partial charge on any atom is -0.494 e. The maximum absolute atomic E-state index is 5.53. The third-order valence-electron chi connectivity index (χ3n) is 3.90. The van der Waals surface area contributed by atoms with Crippen LogP contribution in [0.5, 0.6) is 5.75 Å². The number of hydrogen-bond donors (Lipinski definition) is 1. The monoisotopic (exact) mass is 293 g/mol. The Labute approximate surface area is 130 Å². The van der Waals surface area contributed by atoms with Crippen molar-refractivity contribution in [3.8, 4) is 5.75 Å². The van der Waals surface area contributed by atoms with Gasteiger partial charge in [0.1, 0.15) is 5.75 Å². The molecule has 0 heterocycles. The molecule has 0 amide bonds. The van der Waals surface area contributed by atoms with E-state index in [1.165, 1.54) is 18.4 Å². The lowest BCUT2D eigenvalue weighted by atomic mass is 9.84. The Hall–Kier alpha value is -1.06. The van der Waals surface area contributed by atoms with Crippen LogP contribution in [-0.4, -0.2) is 33.4 Å². The van der Waals surface area contributed by atoms with Gasteiger partial charge in [-0.1, -0.05) is 38.8 Å². The lowest BCUT2D eigenvalue weighted by Crippen LogP contribution is -2.28. The summed E-state index contributed by atoms with van der Waals surface area (Å²) in [6, 6.07) is 8.58. The molecule has 0 aliphatic rings. The van der Waals surface area contributed by atoms with Gasteiger partial charge in [0.2, 0.25) is 0 Å². The minimum atomic E-state index is 0.539. The average Bonchev–Trinajstić information content (AvgIpc) is 2.49. The number of benzene rings is 1. The van der Waals surface area contributed by atoms with Crippen LogP contribution in [0.4, 0.5) is 0 Å². The number of nitrogens with one attached hydrogen (secondary N) is 1. The summed E-state index contributed by atoms with van der Waals surface area (Å²) in [4.78, 5) is 0. The van der Waals surface area contributed by atoms with Gasteiger partial charge in [0.15, 0.2) is 0 Å². The molecule has 21 heavy (non-hydrogen) atoms. The van der Waals surface area contributed by atoms with Gasteiger partial charge < -0.3 is 14.8 Å². The van der Waals surface area contributed by atoms with Crippen LogP contribution in [0, 0.1) is 5.92 Å². The molecular weight excluding hydrogens is 262 g/mol. The van der Waals surface area contributed by atoms with E-state index >= 15 is 0 Å². The van der Waals surface area contributed by atoms with Crippen LogP contribution in [0.3, 0.4) is 0 Å². The summed E-state index contributed by atoms with van der Waals surface area (Å²) in [6.45, 7) is 10.00. The predicted octanol–water partition coefficient (Wildman–Crippen LogP) is 3.84. The van der Waals surface area contributed by atoms with E-state index in [-0.39, 0.29) is 0 Å². The van der Waals surface area contributed by atoms with Gasteiger partial charge in [-0.2, -0.15) is 0 Å². The van der Waals surface area contributed by atoms with Gasteiger partial charge in [0.05, 0.1) is 13.2 Å². The van der Waals surface area contributed by atoms with Gasteiger partial charge in [-0.3, -0.25) is 0 Å². The van der Waals surface area contributed by atoms with Crippen LogP contribution in [0.1, 0.15) is 45.1 Å². The summed E-state index contributed by atoms with van der Waals surface area (Å²) < 4.78 is 10.6. The zero-order valence-electron chi connectivity index (χ0n) is 14.0. The number of methoxy groups -OCH3 is 1. The number of rotatable bonds is 11. The quantitative estimate of drug-likeness (QED) is 0.629. The highest BCUT2D eigenvalue weighted by molar-refractivity contribution is 5.30. The molecule has 0 fully saturated rings. The van der Waals surface area contributed by atoms with Gasteiger partial charge in [-0.05, 0) is 36.5 Å². The SMILES string of the molecule is CCCC(C)C(CNCCOC)c1ccc(OCC)cc1. The molecular formula is C18H31NO2. The van der Waals surface area contributed by atoms with Crippen molar-refractivity contribution in [2.24, 2.45) is 5.92 Å². The highest BCUT2D eigenvalue weighted by Gasteiger charge is 2.18. The van der Waals surface area contributed by atoms with Gasteiger partial charge >= 0.3 is 0 Å². The van der Waals surface area contributed by atoms with E-state index in [0.29, 0.717) is 18.4 Å². The molecule has 0 saturated carbocycles. The first-order valence-electron chi connectivity index (χ1n) is 8.15. The second-order valence-electron chi connectivity index (χ2n) is 5.57. The molecule has 2 atom stereocenters. The number of ether oxygens (including phenoxy) is 2. The second kappa shape index (κ2) is 10.6. The lowest BCUT2D eigenvalue weighted by molar-refractivity contribution is 0.198. The van der Waals surface area contributed by atoms with E-state index < -0.39 is 0 Å². The summed E-state index contributed by atoms with van der Waals surface area (Å²) >= 11 is 0. The van der Waals surface area contributed by atoms with Crippen LogP contribution < -0.4 is 10.1 Å². The first-order chi connectivity index (χ1) is 10.2. The Morgan fingerprint density at radius 3 is 2.43 bits per heavy atom. The van der Waals surface area contributed by atoms with Crippen molar-refractivity contribution >= 4 is 0 Å². The van der Waals surface area contributed by atoms with Gasteiger partial charge in [0, 0.05) is 20.2 Å². The van der Waals surface area contributed by atoms with Crippen molar-refractivity contribution in [3.63, 3.8) is 0 Å². The standard InChI is InChI=1S/C18H31NO2/c1-5-7-15(3)18(14-19-12-13-20-4)16-8-10-17(11-9-16)21-6-2/h8-11,15,18-19H,5-7,12-14H2,1-4H3. The van der Waals surface area contributed by atoms with Crippen molar-refractivity contribution in [2.75, 3.05) is 33.4 Å². The molecule has 0 aromatic heterocycles. The van der Waals surface area contributed by atoms with Crippen molar-refractivity contribution in [3.05, 3.63) is 29.8 Å². The largest absolute Gasteiger partial charge is 0.494 e. The molecule has 3 nitrogen and oxygen atoms in total. The van der Waals surface area contributed by atoms with Gasteiger partial charge in [-0.15, -0.1) is 0 Å². The van der Waals surface area contributed by atoms with E-state index in [1.54, 1.807) is 7.11 Å². The van der Waals surface area contributed by atoms with E-state index in [1.807, 2.05) is 6.92 Å². The predicted molar refractivity (Wildman–Crippen MR) is 89.2 cm³/mol. The Kier molecular flexibility index (Phi) is 9.11. The number of hydrogen-bond acceptors (Lipinski definition) is 3. The Balaban J connectivity index is 2.69. The van der Waals surface area contributed by atoms with Crippen LogP contribution in [0.2, 0.25) is 0 Å². The summed E-state index contributed by atoms with van der Waals surface area (Å²) in [5.41, 5.74) is 1.39. The fourth-order valence-corrected chi connectivity index (χ4v) is 2.71. The lowest BCUT2D eigenvalue weighted by Gasteiger charge is -2.25. The summed E-state index contributed by atoms with van der Waals surface area (Å²) in [5.74, 6) is 2.16. The maximum atomic E-state index is 5.53. The molecule has 0 spiro atoms. The zero-order valence-corrected chi connectivity index (χ0v) is 14.0. The van der Waals surface area contributed by atoms with Crippen molar-refractivity contribution in [1.82, 2.24) is 5.32 Å². The van der Waals surface area contributed by atoms with Crippen molar-refractivity contribution in [2.45, 2.75) is 39.5 Å². The molecule has 0 bridgehead atoms. The molecule has 1 rings (SSSR count). The molecule has 0 aliphatic heterocycles. The fraction of sp³-hybridized carbons (Fsp3) is 0.667. The summed E-state index contributed by atoms with van der Waals surface area (Å²) in [5, 5.41) is 3.51. The van der Waals surface area contributed by atoms with Crippen LogP contribution in [0.25, 0.3) is 0 Å². The molecule has 1 aromatic carbocycles. The van der Waals surface area contributed by atoms with E-state index in [0.717, 1.165) is 25.4 Å². The Morgan fingerprint density at radius 1 is 1.14 bits per heavy atom. The zero-order chi connectivity index (χ0) is 15.5. The first-order valence-corrected chi connectivity index (χ1v) is 8.15. The van der Waals surface area contributed by atoms with Crippen LogP contribution >= 0.6 is 0 Å². The molecule has 0 saturated heterocycles. The van der Waals surface area contributed by atoms with Crippen molar-refractivity contribution in [1.29, 1.82) is 0 Å². The van der Waals surface area contributed by atoms with Crippen molar-refractivity contribution < 1.29 is 9.47 Å². The van der Waals surface area contributed by atoms with Crippen LogP contribution in [-0.2, 0) is 4.74 Å². The first kappa shape index (κ1) is 18.0. The van der Waals surface area contributed by atoms with Gasteiger partial charge in [-0.25, -0.2) is 0 Å². The Bertz CT molecular complexity index is 364. The molecule has 1 N–H and O–H groups in total. The molecule has 0 radical (unpaired) electrons. The maximum Gasteiger partial charge on any atom is 0.119 e. The smallest absolute Gasteiger partial charge is 0.119 e. The normalized spacial score (nSPS) is 13.9. The third-order valence-corrected chi connectivity index (χ3v) is 3.90. The highest BCUT2D eigenvalue weighted by atomic mass is 16.5. The molecule has 1 aromatic rings. The van der Waals surface area contributed by atoms with Crippen LogP contribution in [0.15, 0.2) is 24.3 Å². The van der Waals surface area contributed by atoms with E-state index in [9.17, 15) is 0 Å². The minimum absolute atomic E-state index is 0.539. The highest BCUT2D eigenvalue weighted by Crippen LogP contribution is 2.28. The molecule has 0 aliphatic carbocycles. The summed E-state index contributed by atoms with van der Waals surface area (Å²) in [7, 11) is 1.74. The Morgan fingerprint density at radius 2 is 1.86 bits per heavy atom. The fourth-order valence-electron chi connectivity index (χ4n) is 2.71. The van der Waals surface area contributed by atoms with Gasteiger partial charge in [0.25, 0.3) is 0 Å². The summed E-state index contributed by atoms with van der Waals surface area (Å²) in [6.07, 6.45) is 2.48. The van der Waals surface area contributed by atoms with E-state index in [2.05, 4.69) is 43.4 Å².